The summed E-state index contributed by atoms with van der Waals surface area (Å²) in [5.41, 5.74) is 9.03. The van der Waals surface area contributed by atoms with Gasteiger partial charge in [-0.05, 0) is 53.3 Å². The fourth-order valence-electron chi connectivity index (χ4n) is 4.06. The van der Waals surface area contributed by atoms with Crippen LogP contribution in [0, 0.1) is 5.92 Å². The molecule has 25 heavy (non-hydrogen) atoms. The van der Waals surface area contributed by atoms with Gasteiger partial charge in [0.05, 0.1) is 0 Å². The van der Waals surface area contributed by atoms with Crippen molar-refractivity contribution >= 4 is 17.0 Å². The Bertz CT molecular complexity index is 919. The van der Waals surface area contributed by atoms with E-state index in [1.54, 1.807) is 6.92 Å². The zero-order chi connectivity index (χ0) is 17.6. The molecule has 1 atom stereocenters. The second-order valence-electron chi connectivity index (χ2n) is 7.11. The second-order valence-corrected chi connectivity index (χ2v) is 7.11. The highest BCUT2D eigenvalue weighted by atomic mass is 16.1. The van der Waals surface area contributed by atoms with E-state index >= 15 is 0 Å². The van der Waals surface area contributed by atoms with Gasteiger partial charge in [0.1, 0.15) is 5.78 Å². The van der Waals surface area contributed by atoms with Crippen molar-refractivity contribution < 1.29 is 4.79 Å². The maximum Gasteiger partial charge on any atom is 0.137 e. The van der Waals surface area contributed by atoms with E-state index in [4.69, 9.17) is 0 Å². The molecule has 2 heteroatoms. The van der Waals surface area contributed by atoms with E-state index in [2.05, 4.69) is 66.6 Å². The lowest BCUT2D eigenvalue weighted by Crippen LogP contribution is -2.12. The third-order valence-corrected chi connectivity index (χ3v) is 5.57. The molecule has 126 valence electrons. The number of hydrogen-bond donors (Lipinski definition) is 0. The average molecular weight is 329 g/mol. The zero-order valence-electron chi connectivity index (χ0n) is 15.0. The van der Waals surface area contributed by atoms with Gasteiger partial charge in [0.2, 0.25) is 0 Å². The highest BCUT2D eigenvalue weighted by molar-refractivity contribution is 5.95. The first kappa shape index (κ1) is 15.9. The van der Waals surface area contributed by atoms with Crippen LogP contribution in [0.2, 0.25) is 0 Å². The van der Waals surface area contributed by atoms with Crippen molar-refractivity contribution in [1.29, 1.82) is 0 Å². The van der Waals surface area contributed by atoms with E-state index in [-0.39, 0.29) is 11.7 Å². The summed E-state index contributed by atoms with van der Waals surface area (Å²) in [6.07, 6.45) is 4.18. The minimum Gasteiger partial charge on any atom is -0.348 e. The minimum atomic E-state index is -0.0652. The molecule has 1 aliphatic heterocycles. The molecule has 0 radical (unpaired) electrons. The van der Waals surface area contributed by atoms with Crippen LogP contribution in [0.3, 0.4) is 0 Å². The molecule has 0 fully saturated rings. The van der Waals surface area contributed by atoms with Crippen molar-refractivity contribution in [3.05, 3.63) is 82.6 Å². The lowest BCUT2D eigenvalue weighted by atomic mass is 9.90. The summed E-state index contributed by atoms with van der Waals surface area (Å²) in [6.45, 7) is 3.73. The van der Waals surface area contributed by atoms with Gasteiger partial charge in [-0.1, -0.05) is 49.4 Å². The van der Waals surface area contributed by atoms with E-state index < -0.39 is 0 Å². The molecule has 1 heterocycles. The Hall–Kier alpha value is -2.61. The van der Waals surface area contributed by atoms with Crippen molar-refractivity contribution in [2.24, 2.45) is 5.92 Å². The number of para-hydroxylation sites is 1. The molecule has 2 aromatic carbocycles. The van der Waals surface area contributed by atoms with Gasteiger partial charge in [0.15, 0.2) is 0 Å². The van der Waals surface area contributed by atoms with Crippen LogP contribution in [0.1, 0.15) is 30.5 Å². The summed E-state index contributed by atoms with van der Waals surface area (Å²) in [4.78, 5) is 14.4. The Kier molecular flexibility index (Phi) is 3.84. The third-order valence-electron chi connectivity index (χ3n) is 5.57. The molecule has 1 aliphatic carbocycles. The number of benzene rings is 2. The highest BCUT2D eigenvalue weighted by Crippen LogP contribution is 2.41. The molecule has 0 saturated carbocycles. The number of Topliss-reactive ketones (excluding diaryl/α,β-unsaturated/α-hetero) is 1. The molecule has 0 amide bonds. The van der Waals surface area contributed by atoms with Crippen LogP contribution in [0.25, 0.3) is 5.57 Å². The first-order valence-corrected chi connectivity index (χ1v) is 8.90. The number of carbonyl (C=O) groups excluding carboxylic acids is 1. The molecular weight excluding hydrogens is 306 g/mol. The highest BCUT2D eigenvalue weighted by Gasteiger charge is 2.28. The maximum absolute atomic E-state index is 12.1. The largest absolute Gasteiger partial charge is 0.348 e. The Morgan fingerprint density at radius 1 is 1.04 bits per heavy atom. The summed E-state index contributed by atoms with van der Waals surface area (Å²) < 4.78 is 0. The molecule has 4 rings (SSSR count). The molecule has 0 N–H and O–H groups in total. The second kappa shape index (κ2) is 6.03. The molecule has 1 unspecified atom stereocenters. The molecule has 0 bridgehead atoms. The van der Waals surface area contributed by atoms with E-state index in [9.17, 15) is 4.79 Å². The number of likely N-dealkylation sites (N-methyl/N-ethyl adjacent to an activating group) is 1. The average Bonchev–Trinajstić information content (AvgIpc) is 3.12. The van der Waals surface area contributed by atoms with Crippen molar-refractivity contribution in [3.8, 4) is 0 Å². The molecular formula is C23H23NO. The molecule has 0 aromatic heterocycles. The number of ketones is 1. The van der Waals surface area contributed by atoms with Gasteiger partial charge in [-0.3, -0.25) is 4.79 Å². The van der Waals surface area contributed by atoms with Crippen LogP contribution >= 0.6 is 0 Å². The number of nitrogens with zero attached hydrogens (tertiary/aromatic N) is 1. The van der Waals surface area contributed by atoms with E-state index in [1.165, 1.54) is 39.2 Å². The summed E-state index contributed by atoms with van der Waals surface area (Å²) in [5.74, 6) is 0.162. The Morgan fingerprint density at radius 3 is 2.44 bits per heavy atom. The number of fused-ring (bicyclic) bond motifs is 2. The van der Waals surface area contributed by atoms with Gasteiger partial charge in [-0.25, -0.2) is 0 Å². The zero-order valence-corrected chi connectivity index (χ0v) is 15.0. The van der Waals surface area contributed by atoms with Crippen molar-refractivity contribution in [2.45, 2.75) is 26.7 Å². The Labute approximate surface area is 149 Å². The maximum atomic E-state index is 12.1. The van der Waals surface area contributed by atoms with Crippen LogP contribution < -0.4 is 4.90 Å². The van der Waals surface area contributed by atoms with Crippen LogP contribution in [0.15, 0.2) is 65.9 Å². The number of anilines is 1. The van der Waals surface area contributed by atoms with Crippen molar-refractivity contribution in [3.63, 3.8) is 0 Å². The third kappa shape index (κ3) is 2.62. The van der Waals surface area contributed by atoms with Crippen LogP contribution in [-0.2, 0) is 17.6 Å². The molecule has 0 spiro atoms. The first-order valence-electron chi connectivity index (χ1n) is 8.90. The molecule has 2 nitrogen and oxygen atoms in total. The van der Waals surface area contributed by atoms with Gasteiger partial charge in [0.25, 0.3) is 0 Å². The standard InChI is InChI=1S/C23H23NO/c1-15(16(2)25)23-19(12-17-8-4-6-10-21(17)23)14-20-13-18-9-5-7-11-22(18)24(20)3/h4-11,14-15H,12-13H2,1-3H3. The summed E-state index contributed by atoms with van der Waals surface area (Å²) in [5, 5.41) is 0. The number of carbonyl (C=O) groups is 1. The van der Waals surface area contributed by atoms with E-state index in [1.807, 2.05) is 6.92 Å². The fourth-order valence-corrected chi connectivity index (χ4v) is 4.06. The van der Waals surface area contributed by atoms with Crippen LogP contribution in [0.5, 0.6) is 0 Å². The Morgan fingerprint density at radius 2 is 1.72 bits per heavy atom. The quantitative estimate of drug-likeness (QED) is 0.806. The van der Waals surface area contributed by atoms with Crippen LogP contribution in [-0.4, -0.2) is 12.8 Å². The number of allylic oxidation sites excluding steroid dienone is 4. The summed E-state index contributed by atoms with van der Waals surface area (Å²) >= 11 is 0. The lowest BCUT2D eigenvalue weighted by molar-refractivity contribution is -0.118. The van der Waals surface area contributed by atoms with Gasteiger partial charge < -0.3 is 4.90 Å². The first-order chi connectivity index (χ1) is 12.1. The summed E-state index contributed by atoms with van der Waals surface area (Å²) in [7, 11) is 2.13. The molecule has 2 aromatic rings. The number of rotatable bonds is 3. The van der Waals surface area contributed by atoms with Crippen molar-refractivity contribution in [2.75, 3.05) is 11.9 Å². The predicted molar refractivity (Wildman–Crippen MR) is 104 cm³/mol. The van der Waals surface area contributed by atoms with Crippen LogP contribution in [0.4, 0.5) is 5.69 Å². The fraction of sp³-hybridized carbons (Fsp3) is 0.261. The molecule has 2 aliphatic rings. The topological polar surface area (TPSA) is 20.3 Å². The minimum absolute atomic E-state index is 0.0652. The van der Waals surface area contributed by atoms with Gasteiger partial charge in [-0.2, -0.15) is 0 Å². The normalized spacial score (nSPS) is 18.5. The molecule has 0 saturated heterocycles. The van der Waals surface area contributed by atoms with E-state index in [0.29, 0.717) is 0 Å². The smallest absolute Gasteiger partial charge is 0.137 e. The van der Waals surface area contributed by atoms with Gasteiger partial charge >= 0.3 is 0 Å². The lowest BCUT2D eigenvalue weighted by Gasteiger charge is -2.17. The van der Waals surface area contributed by atoms with E-state index in [0.717, 1.165) is 12.8 Å². The monoisotopic (exact) mass is 329 g/mol. The SMILES string of the molecule is CC(=O)C(C)C1=C(C=C2Cc3ccccc3N2C)Cc2ccccc21. The Balaban J connectivity index is 1.79. The predicted octanol–water partition coefficient (Wildman–Crippen LogP) is 4.80. The van der Waals surface area contributed by atoms with Crippen molar-refractivity contribution in [1.82, 2.24) is 0 Å². The van der Waals surface area contributed by atoms with Gasteiger partial charge in [-0.15, -0.1) is 0 Å². The van der Waals surface area contributed by atoms with Gasteiger partial charge in [0, 0.05) is 30.8 Å². The number of hydrogen-bond acceptors (Lipinski definition) is 2. The summed E-state index contributed by atoms with van der Waals surface area (Å²) in [6, 6.07) is 17.1.